The number of methoxy groups -OCH3 is 2. The summed E-state index contributed by atoms with van der Waals surface area (Å²) in [6, 6.07) is 26.1. The minimum absolute atomic E-state index is 0.180. The van der Waals surface area contributed by atoms with Crippen molar-refractivity contribution in [1.29, 1.82) is 0 Å². The molecule has 0 saturated heterocycles. The Morgan fingerprint density at radius 2 is 1.18 bits per heavy atom. The lowest BCUT2D eigenvalue weighted by atomic mass is 10.1. The van der Waals surface area contributed by atoms with Crippen LogP contribution >= 0.6 is 11.6 Å². The van der Waals surface area contributed by atoms with E-state index in [1.807, 2.05) is 69.6 Å². The number of halogens is 5. The lowest BCUT2D eigenvalue weighted by Crippen LogP contribution is -2.39. The molecule has 6 rings (SSSR count). The van der Waals surface area contributed by atoms with Gasteiger partial charge in [0.2, 0.25) is 18.2 Å². The normalized spacial score (nSPS) is 10.7. The van der Waals surface area contributed by atoms with Gasteiger partial charge in [-0.25, -0.2) is 22.4 Å². The summed E-state index contributed by atoms with van der Waals surface area (Å²) in [7, 11) is 9.02. The summed E-state index contributed by atoms with van der Waals surface area (Å²) in [5, 5.41) is 5.39. The van der Waals surface area contributed by atoms with Crippen molar-refractivity contribution in [2.45, 2.75) is 45.8 Å². The molecule has 6 aromatic rings. The maximum Gasteiger partial charge on any atom is 0.330 e. The number of carbonyl (C=O) groups is 4. The highest BCUT2D eigenvalue weighted by molar-refractivity contribution is 6.31. The number of hydrogen-bond acceptors (Lipinski definition) is 8. The summed E-state index contributed by atoms with van der Waals surface area (Å²) in [4.78, 5) is 62.0. The van der Waals surface area contributed by atoms with Crippen molar-refractivity contribution in [2.24, 2.45) is 0 Å². The number of nitrogens with zero attached hydrogens (tertiary/aromatic N) is 4. The number of anilines is 2. The Hall–Kier alpha value is -7.14. The molecule has 0 aliphatic carbocycles. The van der Waals surface area contributed by atoms with Crippen LogP contribution in [0.15, 0.2) is 108 Å². The van der Waals surface area contributed by atoms with Gasteiger partial charge >= 0.3 is 5.69 Å². The van der Waals surface area contributed by atoms with Gasteiger partial charge < -0.3 is 34.7 Å². The van der Waals surface area contributed by atoms with E-state index in [4.69, 9.17) is 21.1 Å². The van der Waals surface area contributed by atoms with Gasteiger partial charge in [-0.15, -0.1) is 0 Å². The molecule has 352 valence electrons. The van der Waals surface area contributed by atoms with E-state index in [9.17, 15) is 41.5 Å². The molecule has 3 amide bonds. The number of amides is 3. The van der Waals surface area contributed by atoms with E-state index >= 15 is 0 Å². The van der Waals surface area contributed by atoms with Crippen LogP contribution in [0.25, 0.3) is 11.0 Å². The Labute approximate surface area is 385 Å². The molecule has 2 N–H and O–H groups in total. The number of fused-ring (bicyclic) bond motifs is 1. The summed E-state index contributed by atoms with van der Waals surface area (Å²) in [6.07, 6.45) is 2.13. The number of aromatic nitrogens is 2. The topological polar surface area (TPSA) is 144 Å². The van der Waals surface area contributed by atoms with Crippen molar-refractivity contribution in [3.63, 3.8) is 0 Å². The van der Waals surface area contributed by atoms with Gasteiger partial charge in [0.05, 0.1) is 31.8 Å². The van der Waals surface area contributed by atoms with Gasteiger partial charge in [-0.05, 0) is 122 Å². The zero-order valence-electron chi connectivity index (χ0n) is 37.6. The predicted octanol–water partition coefficient (Wildman–Crippen LogP) is 7.37. The number of nitrogens with one attached hydrogen (secondary N) is 2. The Bertz CT molecular complexity index is 2550. The van der Waals surface area contributed by atoms with Crippen molar-refractivity contribution < 1.29 is 46.2 Å². The molecule has 18 heteroatoms. The number of benzene rings is 5. The van der Waals surface area contributed by atoms with Gasteiger partial charge in [0.15, 0.2) is 0 Å². The van der Waals surface area contributed by atoms with Crippen molar-refractivity contribution >= 4 is 58.5 Å². The zero-order valence-corrected chi connectivity index (χ0v) is 38.4. The predicted molar refractivity (Wildman–Crippen MR) is 248 cm³/mol. The second kappa shape index (κ2) is 26.6. The average Bonchev–Trinajstić information content (AvgIpc) is 3.52. The second-order valence-electron chi connectivity index (χ2n) is 14.6. The molecule has 1 aromatic heterocycles. The first-order chi connectivity index (χ1) is 31.4. The molecular formula is C48H53ClF4N6O7. The standard InChI is InChI=1S/C22H21ClF2N4O4.C9H11NO2.C9H13NO.C8H8F2/c1-13(6-14-7-16(24)10-17(25)8-14)27-21(32)12-29-19-9-15(23)2-3-18(19)28(22(29)33)11-20(31)26-4-5-30;1-10(7-11)8-3-5-9(12-2)6-4-8;1-10(2)8-4-6-9(11-3)7-5-8;1-2-6-3-7(9)5-8(10)4-6/h2-3,5,7-10,13H,4,6,11-12H2,1H3,(H,26,31)(H,27,32);3-7H,1-2H3;4-7H,1-3H3;3-5H,2H2,1H3. The number of hydrogen-bond donors (Lipinski definition) is 2. The summed E-state index contributed by atoms with van der Waals surface area (Å²) < 4.78 is 63.9. The molecule has 0 fully saturated rings. The van der Waals surface area contributed by atoms with Gasteiger partial charge in [0.25, 0.3) is 0 Å². The van der Waals surface area contributed by atoms with Gasteiger partial charge in [0, 0.05) is 55.7 Å². The van der Waals surface area contributed by atoms with E-state index in [2.05, 4.69) is 15.5 Å². The number of carbonyl (C=O) groups excluding carboxylic acids is 4. The van der Waals surface area contributed by atoms with Crippen LogP contribution in [0.3, 0.4) is 0 Å². The first-order valence-electron chi connectivity index (χ1n) is 20.3. The largest absolute Gasteiger partial charge is 0.497 e. The Balaban J connectivity index is 0.000000282. The molecule has 0 spiro atoms. The molecule has 0 aliphatic heterocycles. The van der Waals surface area contributed by atoms with Crippen LogP contribution in [0.5, 0.6) is 11.5 Å². The second-order valence-corrected chi connectivity index (χ2v) is 15.1. The Morgan fingerprint density at radius 1 is 0.697 bits per heavy atom. The monoisotopic (exact) mass is 936 g/mol. The first-order valence-corrected chi connectivity index (χ1v) is 20.7. The minimum Gasteiger partial charge on any atom is -0.497 e. The molecular weight excluding hydrogens is 884 g/mol. The fourth-order valence-corrected chi connectivity index (χ4v) is 6.29. The fraction of sp³-hybridized carbons (Fsp3) is 0.271. The summed E-state index contributed by atoms with van der Waals surface area (Å²) in [5.41, 5.74) is 3.24. The van der Waals surface area contributed by atoms with E-state index in [-0.39, 0.29) is 26.1 Å². The highest BCUT2D eigenvalue weighted by atomic mass is 35.5. The van der Waals surface area contributed by atoms with Gasteiger partial charge in [-0.3, -0.25) is 23.5 Å². The highest BCUT2D eigenvalue weighted by Gasteiger charge is 2.19. The molecule has 0 aliphatic rings. The molecule has 5 aromatic carbocycles. The molecule has 66 heavy (non-hydrogen) atoms. The molecule has 0 radical (unpaired) electrons. The van der Waals surface area contributed by atoms with Crippen molar-refractivity contribution in [3.8, 4) is 11.5 Å². The van der Waals surface area contributed by atoms with E-state index < -0.39 is 46.8 Å². The minimum atomic E-state index is -0.711. The highest BCUT2D eigenvalue weighted by Crippen LogP contribution is 2.20. The number of ether oxygens (including phenoxy) is 2. The van der Waals surface area contributed by atoms with Crippen molar-refractivity contribution in [3.05, 3.63) is 153 Å². The maximum absolute atomic E-state index is 13.4. The molecule has 1 heterocycles. The van der Waals surface area contributed by atoms with Crippen LogP contribution in [0, 0.1) is 23.3 Å². The van der Waals surface area contributed by atoms with Crippen LogP contribution in [0.4, 0.5) is 28.9 Å². The lowest BCUT2D eigenvalue weighted by molar-refractivity contribution is -0.123. The van der Waals surface area contributed by atoms with Gasteiger partial charge in [-0.2, -0.15) is 0 Å². The number of aldehydes is 1. The number of rotatable bonds is 15. The van der Waals surface area contributed by atoms with Gasteiger partial charge in [0.1, 0.15) is 54.1 Å². The lowest BCUT2D eigenvalue weighted by Gasteiger charge is -2.14. The van der Waals surface area contributed by atoms with E-state index in [1.54, 1.807) is 40.3 Å². The smallest absolute Gasteiger partial charge is 0.330 e. The summed E-state index contributed by atoms with van der Waals surface area (Å²) >= 11 is 6.06. The SMILES string of the molecule is CC(Cc1cc(F)cc(F)c1)NC(=O)Cn1c(=O)n(CC(=O)NCC=O)c2ccc(Cl)cc21.CCc1cc(F)cc(F)c1.COc1ccc(N(C)C)cc1.COc1ccc(N(C)C=O)cc1. The van der Waals surface area contributed by atoms with Crippen LogP contribution in [0.2, 0.25) is 5.02 Å². The fourth-order valence-electron chi connectivity index (χ4n) is 6.12. The molecule has 13 nitrogen and oxygen atoms in total. The molecule has 0 saturated carbocycles. The third-order valence-electron chi connectivity index (χ3n) is 9.40. The molecule has 1 unspecified atom stereocenters. The van der Waals surface area contributed by atoms with Crippen LogP contribution in [-0.4, -0.2) is 81.6 Å². The van der Waals surface area contributed by atoms with Crippen LogP contribution < -0.4 is 35.6 Å². The van der Waals surface area contributed by atoms with Gasteiger partial charge in [-0.1, -0.05) is 18.5 Å². The molecule has 1 atom stereocenters. The Kier molecular flexibility index (Phi) is 21.4. The molecule has 0 bridgehead atoms. The zero-order chi connectivity index (χ0) is 48.9. The number of aryl methyl sites for hydroxylation is 1. The van der Waals surface area contributed by atoms with E-state index in [1.165, 1.54) is 50.1 Å². The third kappa shape index (κ3) is 17.1. The number of imidazole rings is 1. The average molecular weight is 937 g/mol. The Morgan fingerprint density at radius 3 is 1.65 bits per heavy atom. The summed E-state index contributed by atoms with van der Waals surface area (Å²) in [5.74, 6) is -1.79. The first kappa shape index (κ1) is 53.2. The maximum atomic E-state index is 13.4. The van der Waals surface area contributed by atoms with Crippen molar-refractivity contribution in [2.75, 3.05) is 51.7 Å². The van der Waals surface area contributed by atoms with Crippen LogP contribution in [0.1, 0.15) is 25.0 Å². The third-order valence-corrected chi connectivity index (χ3v) is 9.63. The quantitative estimate of drug-likeness (QED) is 0.0803. The van der Waals surface area contributed by atoms with E-state index in [0.717, 1.165) is 35.7 Å². The van der Waals surface area contributed by atoms with E-state index in [0.29, 0.717) is 39.9 Å². The summed E-state index contributed by atoms with van der Waals surface area (Å²) in [6.45, 7) is 2.63. The van der Waals surface area contributed by atoms with Crippen LogP contribution in [-0.2, 0) is 45.1 Å². The van der Waals surface area contributed by atoms with Crippen molar-refractivity contribution in [1.82, 2.24) is 19.8 Å².